The number of aliphatic hydroxyl groups is 1. The molecule has 0 saturated carbocycles. The number of carboxylic acids is 1. The minimum Gasteiger partial charge on any atom is -0.478 e. The van der Waals surface area contributed by atoms with Crippen LogP contribution in [0.25, 0.3) is 11.1 Å². The van der Waals surface area contributed by atoms with Crippen molar-refractivity contribution in [1.82, 2.24) is 5.32 Å². The van der Waals surface area contributed by atoms with Crippen LogP contribution in [0.4, 0.5) is 0 Å². The number of aliphatic hydroxyl groups excluding tert-OH is 1. The molecule has 0 radical (unpaired) electrons. The largest absolute Gasteiger partial charge is 0.478 e. The van der Waals surface area contributed by atoms with Gasteiger partial charge in [-0.1, -0.05) is 59.6 Å². The number of hydrogen-bond acceptors (Lipinski definition) is 4. The summed E-state index contributed by atoms with van der Waals surface area (Å²) in [4.78, 5) is 11.3. The van der Waals surface area contributed by atoms with Crippen LogP contribution in [0.3, 0.4) is 0 Å². The highest BCUT2D eigenvalue weighted by molar-refractivity contribution is 6.42. The van der Waals surface area contributed by atoms with Crippen LogP contribution >= 0.6 is 23.2 Å². The summed E-state index contributed by atoms with van der Waals surface area (Å²) in [5, 5.41) is 24.3. The van der Waals surface area contributed by atoms with Crippen LogP contribution in [0.1, 0.15) is 53.9 Å². The summed E-state index contributed by atoms with van der Waals surface area (Å²) >= 11 is 12.2. The van der Waals surface area contributed by atoms with Gasteiger partial charge in [0.05, 0.1) is 34.4 Å². The molecule has 0 amide bonds. The van der Waals surface area contributed by atoms with E-state index in [2.05, 4.69) is 19.2 Å². The number of carbonyl (C=O) groups is 1. The molecule has 0 aliphatic rings. The Hall–Kier alpha value is -2.41. The van der Waals surface area contributed by atoms with E-state index in [4.69, 9.17) is 27.9 Å². The lowest BCUT2D eigenvalue weighted by Gasteiger charge is -2.28. The van der Waals surface area contributed by atoms with E-state index >= 15 is 0 Å². The molecule has 3 aromatic carbocycles. The van der Waals surface area contributed by atoms with Gasteiger partial charge < -0.3 is 20.3 Å². The van der Waals surface area contributed by atoms with Gasteiger partial charge in [-0.15, -0.1) is 0 Å². The third kappa shape index (κ3) is 7.55. The van der Waals surface area contributed by atoms with Crippen LogP contribution in [0.15, 0.2) is 60.7 Å². The lowest BCUT2D eigenvalue weighted by Crippen LogP contribution is -2.46. The molecule has 36 heavy (non-hydrogen) atoms. The van der Waals surface area contributed by atoms with Crippen molar-refractivity contribution in [2.24, 2.45) is 0 Å². The first-order valence-corrected chi connectivity index (χ1v) is 12.6. The Morgan fingerprint density at radius 1 is 1.03 bits per heavy atom. The number of halogens is 2. The molecule has 0 bridgehead atoms. The highest BCUT2D eigenvalue weighted by atomic mass is 35.5. The van der Waals surface area contributed by atoms with Crippen LogP contribution in [0.5, 0.6) is 0 Å². The zero-order valence-corrected chi connectivity index (χ0v) is 22.5. The third-order valence-electron chi connectivity index (χ3n) is 6.15. The number of ether oxygens (including phenoxy) is 1. The van der Waals surface area contributed by atoms with E-state index in [1.807, 2.05) is 56.3 Å². The molecule has 3 aromatic rings. The highest BCUT2D eigenvalue weighted by Crippen LogP contribution is 2.32. The summed E-state index contributed by atoms with van der Waals surface area (Å²) in [5.74, 6) is -0.947. The molecule has 0 spiro atoms. The Bertz CT molecular complexity index is 1210. The molecule has 3 rings (SSSR count). The molecule has 192 valence electrons. The fourth-order valence-electron chi connectivity index (χ4n) is 4.22. The van der Waals surface area contributed by atoms with Crippen molar-refractivity contribution >= 4 is 29.2 Å². The summed E-state index contributed by atoms with van der Waals surface area (Å²) in [6.45, 7) is 8.54. The summed E-state index contributed by atoms with van der Waals surface area (Å²) in [6.07, 6.45) is -0.232. The van der Waals surface area contributed by atoms with E-state index in [1.165, 1.54) is 0 Å². The lowest BCUT2D eigenvalue weighted by atomic mass is 9.92. The zero-order valence-electron chi connectivity index (χ0n) is 21.0. The minimum absolute atomic E-state index is 0.169. The maximum Gasteiger partial charge on any atom is 0.335 e. The number of rotatable bonds is 11. The smallest absolute Gasteiger partial charge is 0.335 e. The number of carboxylic acid groups (broad SMARTS) is 1. The number of aromatic carboxylic acids is 1. The van der Waals surface area contributed by atoms with E-state index in [0.29, 0.717) is 16.6 Å². The van der Waals surface area contributed by atoms with Gasteiger partial charge in [0.15, 0.2) is 0 Å². The van der Waals surface area contributed by atoms with E-state index in [0.717, 1.165) is 34.2 Å². The summed E-state index contributed by atoms with van der Waals surface area (Å²) < 4.78 is 6.05. The van der Waals surface area contributed by atoms with E-state index in [9.17, 15) is 15.0 Å². The normalized spacial score (nSPS) is 13.4. The van der Waals surface area contributed by atoms with Crippen LogP contribution in [0.2, 0.25) is 10.0 Å². The predicted molar refractivity (Wildman–Crippen MR) is 146 cm³/mol. The Labute approximate surface area is 223 Å². The highest BCUT2D eigenvalue weighted by Gasteiger charge is 2.21. The first-order valence-electron chi connectivity index (χ1n) is 11.9. The molecule has 3 N–H and O–H groups in total. The fraction of sp³-hybridized carbons (Fsp3) is 0.345. The Kier molecular flexibility index (Phi) is 9.56. The maximum atomic E-state index is 11.3. The van der Waals surface area contributed by atoms with Crippen LogP contribution in [-0.4, -0.2) is 41.0 Å². The number of aryl methyl sites for hydroxylation is 1. The van der Waals surface area contributed by atoms with Gasteiger partial charge in [0, 0.05) is 12.1 Å². The van der Waals surface area contributed by atoms with Crippen LogP contribution < -0.4 is 5.32 Å². The van der Waals surface area contributed by atoms with Gasteiger partial charge >= 0.3 is 5.97 Å². The van der Waals surface area contributed by atoms with Gasteiger partial charge in [0.2, 0.25) is 0 Å². The maximum absolute atomic E-state index is 11.3. The van der Waals surface area contributed by atoms with Gasteiger partial charge in [-0.25, -0.2) is 4.79 Å². The lowest BCUT2D eigenvalue weighted by molar-refractivity contribution is -0.00397. The van der Waals surface area contributed by atoms with Gasteiger partial charge in [-0.2, -0.15) is 0 Å². The van der Waals surface area contributed by atoms with Crippen molar-refractivity contribution in [1.29, 1.82) is 0 Å². The first-order chi connectivity index (χ1) is 17.0. The van der Waals surface area contributed by atoms with Gasteiger partial charge in [-0.3, -0.25) is 0 Å². The molecular weight excluding hydrogens is 497 g/mol. The van der Waals surface area contributed by atoms with E-state index in [-0.39, 0.29) is 23.8 Å². The molecule has 0 saturated heterocycles. The minimum atomic E-state index is -0.947. The second kappa shape index (κ2) is 12.2. The van der Waals surface area contributed by atoms with Crippen LogP contribution in [0, 0.1) is 6.92 Å². The summed E-state index contributed by atoms with van der Waals surface area (Å²) in [5.41, 5.74) is 4.84. The fourth-order valence-corrected chi connectivity index (χ4v) is 4.54. The van der Waals surface area contributed by atoms with Gasteiger partial charge in [0.1, 0.15) is 0 Å². The van der Waals surface area contributed by atoms with Crippen molar-refractivity contribution < 1.29 is 19.7 Å². The monoisotopic (exact) mass is 529 g/mol. The van der Waals surface area contributed by atoms with E-state index < -0.39 is 12.1 Å². The summed E-state index contributed by atoms with van der Waals surface area (Å²) in [6, 6.07) is 18.6. The SMILES string of the molecule is Cc1cc(C(=O)O)ccc1-c1ccccc1[C@@H](C)OC[C@H](O)CNC(C)(C)Cc1ccc(Cl)c(Cl)c1. The predicted octanol–water partition coefficient (Wildman–Crippen LogP) is 6.72. The third-order valence-corrected chi connectivity index (χ3v) is 6.89. The Morgan fingerprint density at radius 2 is 1.75 bits per heavy atom. The number of hydrogen-bond donors (Lipinski definition) is 3. The first kappa shape index (κ1) is 28.2. The van der Waals surface area contributed by atoms with Gasteiger partial charge in [-0.05, 0) is 86.2 Å². The Balaban J connectivity index is 1.59. The Morgan fingerprint density at radius 3 is 2.42 bits per heavy atom. The number of nitrogens with one attached hydrogen (secondary N) is 1. The van der Waals surface area contributed by atoms with E-state index in [1.54, 1.807) is 18.2 Å². The molecule has 0 fully saturated rings. The molecule has 7 heteroatoms. The summed E-state index contributed by atoms with van der Waals surface area (Å²) in [7, 11) is 0. The topological polar surface area (TPSA) is 78.8 Å². The molecule has 0 aromatic heterocycles. The van der Waals surface area contributed by atoms with Crippen molar-refractivity contribution in [2.75, 3.05) is 13.2 Å². The zero-order chi connectivity index (χ0) is 26.5. The van der Waals surface area contributed by atoms with Crippen molar-refractivity contribution in [3.05, 3.63) is 93.0 Å². The molecule has 0 aliphatic heterocycles. The van der Waals surface area contributed by atoms with Gasteiger partial charge in [0.25, 0.3) is 0 Å². The molecular formula is C29H33Cl2NO4. The molecule has 5 nitrogen and oxygen atoms in total. The molecule has 0 heterocycles. The van der Waals surface area contributed by atoms with Crippen LogP contribution in [-0.2, 0) is 11.2 Å². The van der Waals surface area contributed by atoms with Crippen molar-refractivity contribution in [3.8, 4) is 11.1 Å². The molecule has 2 atom stereocenters. The quantitative estimate of drug-likeness (QED) is 0.257. The average Bonchev–Trinajstić information content (AvgIpc) is 2.83. The van der Waals surface area contributed by atoms with Crippen molar-refractivity contribution in [3.63, 3.8) is 0 Å². The average molecular weight is 530 g/mol. The molecule has 0 aliphatic carbocycles. The standard InChI is InChI=1S/C29H33Cl2NO4/c1-18-13-21(28(34)35)10-11-23(18)25-8-6-5-7-24(25)19(2)36-17-22(33)16-32-29(3,4)15-20-9-12-26(30)27(31)14-20/h5-14,19,22,32-33H,15-17H2,1-4H3,(H,34,35)/t19-,22-/m1/s1. The molecule has 0 unspecified atom stereocenters. The second-order valence-corrected chi connectivity index (χ2v) is 10.6. The number of benzene rings is 3. The number of β-amino-alcohol motifs (C(OH)–C–C–N with tert-alkyl or cyclic N) is 1. The second-order valence-electron chi connectivity index (χ2n) is 9.74. The van der Waals surface area contributed by atoms with Crippen molar-refractivity contribution in [2.45, 2.75) is 51.9 Å².